The zero-order valence-electron chi connectivity index (χ0n) is 11.9. The zero-order valence-corrected chi connectivity index (χ0v) is 15.6. The molecule has 2 N–H and O–H groups in total. The van der Waals surface area contributed by atoms with Gasteiger partial charge in [-0.25, -0.2) is 9.97 Å². The molecule has 1 aliphatic carbocycles. The van der Waals surface area contributed by atoms with Gasteiger partial charge in [-0.15, -0.1) is 0 Å². The number of halogens is 2. The summed E-state index contributed by atoms with van der Waals surface area (Å²) >= 11 is 5.81. The van der Waals surface area contributed by atoms with Gasteiger partial charge in [-0.2, -0.15) is 0 Å². The summed E-state index contributed by atoms with van der Waals surface area (Å²) in [6, 6.07) is 6.18. The molecule has 1 saturated carbocycles. The first-order valence-electron chi connectivity index (χ1n) is 7.15. The van der Waals surface area contributed by atoms with Crippen LogP contribution < -0.4 is 5.73 Å². The van der Waals surface area contributed by atoms with Crippen molar-refractivity contribution in [3.8, 4) is 11.4 Å². The number of benzene rings is 1. The molecule has 3 rings (SSSR count). The predicted molar refractivity (Wildman–Crippen MR) is 98.2 cm³/mol. The van der Waals surface area contributed by atoms with Crippen molar-refractivity contribution in [1.29, 1.82) is 0 Å². The Morgan fingerprint density at radius 2 is 1.95 bits per heavy atom. The van der Waals surface area contributed by atoms with E-state index in [4.69, 9.17) is 10.7 Å². The van der Waals surface area contributed by atoms with Gasteiger partial charge in [0.1, 0.15) is 5.82 Å². The van der Waals surface area contributed by atoms with Crippen LogP contribution >= 0.6 is 38.5 Å². The Kier molecular flexibility index (Phi) is 4.49. The summed E-state index contributed by atoms with van der Waals surface area (Å²) in [5, 5.41) is 0. The normalized spacial score (nSPS) is 15.6. The van der Waals surface area contributed by atoms with E-state index in [0.29, 0.717) is 11.7 Å². The van der Waals surface area contributed by atoms with Crippen molar-refractivity contribution in [3.05, 3.63) is 37.5 Å². The van der Waals surface area contributed by atoms with Crippen molar-refractivity contribution in [2.75, 3.05) is 5.73 Å². The molecule has 1 aromatic carbocycles. The number of nitrogens with zero attached hydrogens (tertiary/aromatic N) is 2. The van der Waals surface area contributed by atoms with Gasteiger partial charge in [-0.3, -0.25) is 0 Å². The molecule has 110 valence electrons. The van der Waals surface area contributed by atoms with Crippen LogP contribution in [0.15, 0.2) is 22.7 Å². The minimum atomic E-state index is 0.539. The van der Waals surface area contributed by atoms with E-state index in [-0.39, 0.29) is 0 Å². The molecule has 0 amide bonds. The molecule has 5 heteroatoms. The van der Waals surface area contributed by atoms with Crippen molar-refractivity contribution in [1.82, 2.24) is 9.97 Å². The second-order valence-corrected chi connectivity index (χ2v) is 7.51. The molecule has 1 aliphatic rings. The van der Waals surface area contributed by atoms with Crippen LogP contribution in [0.5, 0.6) is 0 Å². The Morgan fingerprint density at radius 1 is 1.24 bits per heavy atom. The number of anilines is 1. The van der Waals surface area contributed by atoms with Gasteiger partial charge >= 0.3 is 0 Å². The van der Waals surface area contributed by atoms with E-state index in [1.807, 2.05) is 12.1 Å². The first-order valence-corrected chi connectivity index (χ1v) is 9.03. The van der Waals surface area contributed by atoms with Crippen molar-refractivity contribution in [2.24, 2.45) is 0 Å². The Balaban J connectivity index is 2.08. The second kappa shape index (κ2) is 6.20. The van der Waals surface area contributed by atoms with Gasteiger partial charge in [0.2, 0.25) is 0 Å². The Labute approximate surface area is 147 Å². The maximum Gasteiger partial charge on any atom is 0.161 e. The molecule has 0 spiro atoms. The Bertz CT molecular complexity index is 681. The van der Waals surface area contributed by atoms with Gasteiger partial charge in [-0.05, 0) is 60.1 Å². The average molecular weight is 458 g/mol. The molecule has 0 saturated heterocycles. The van der Waals surface area contributed by atoms with Crippen molar-refractivity contribution in [2.45, 2.75) is 38.5 Å². The third-order valence-corrected chi connectivity index (χ3v) is 6.06. The van der Waals surface area contributed by atoms with Crippen molar-refractivity contribution >= 4 is 44.3 Å². The zero-order chi connectivity index (χ0) is 15.0. The van der Waals surface area contributed by atoms with E-state index >= 15 is 0 Å². The van der Waals surface area contributed by atoms with E-state index in [2.05, 4.69) is 56.5 Å². The molecular formula is C16H17BrIN3. The highest BCUT2D eigenvalue weighted by molar-refractivity contribution is 14.1. The van der Waals surface area contributed by atoms with Crippen LogP contribution in [0.25, 0.3) is 11.4 Å². The van der Waals surface area contributed by atoms with E-state index in [9.17, 15) is 0 Å². The predicted octanol–water partition coefficient (Wildman–Crippen LogP) is 5.06. The molecule has 1 heterocycles. The highest BCUT2D eigenvalue weighted by Gasteiger charge is 2.23. The fourth-order valence-electron chi connectivity index (χ4n) is 2.87. The van der Waals surface area contributed by atoms with Gasteiger partial charge in [0.05, 0.1) is 9.26 Å². The summed E-state index contributed by atoms with van der Waals surface area (Å²) < 4.78 is 2.12. The second-order valence-electron chi connectivity index (χ2n) is 5.58. The Hall–Kier alpha value is -0.690. The lowest BCUT2D eigenvalue weighted by atomic mass is 10.0. The first-order chi connectivity index (χ1) is 10.1. The smallest absolute Gasteiger partial charge is 0.161 e. The number of aryl methyl sites for hydroxylation is 1. The molecule has 0 aliphatic heterocycles. The van der Waals surface area contributed by atoms with Crippen LogP contribution in [0.3, 0.4) is 0 Å². The van der Waals surface area contributed by atoms with Crippen LogP contribution in [0, 0.1) is 10.5 Å². The summed E-state index contributed by atoms with van der Waals surface area (Å²) in [6.45, 7) is 2.07. The molecule has 1 fully saturated rings. The molecule has 3 nitrogen and oxygen atoms in total. The van der Waals surface area contributed by atoms with Crippen LogP contribution in [-0.2, 0) is 0 Å². The molecule has 1 aromatic heterocycles. The largest absolute Gasteiger partial charge is 0.383 e. The van der Waals surface area contributed by atoms with E-state index in [0.717, 1.165) is 25.1 Å². The highest BCUT2D eigenvalue weighted by Crippen LogP contribution is 2.37. The maximum atomic E-state index is 6.13. The third kappa shape index (κ3) is 3.08. The molecule has 0 bridgehead atoms. The molecule has 2 aromatic rings. The SMILES string of the molecule is Cc1cc(-c2nc(N)c(I)c(C3CCCC3)n2)ccc1Br. The van der Waals surface area contributed by atoms with Gasteiger partial charge in [0.15, 0.2) is 5.82 Å². The third-order valence-electron chi connectivity index (χ3n) is 4.06. The van der Waals surface area contributed by atoms with E-state index < -0.39 is 0 Å². The molecule has 21 heavy (non-hydrogen) atoms. The number of hydrogen-bond acceptors (Lipinski definition) is 3. The fourth-order valence-corrected chi connectivity index (χ4v) is 3.79. The molecular weight excluding hydrogens is 441 g/mol. The summed E-state index contributed by atoms with van der Waals surface area (Å²) in [6.07, 6.45) is 5.01. The van der Waals surface area contributed by atoms with E-state index in [1.54, 1.807) is 0 Å². The highest BCUT2D eigenvalue weighted by atomic mass is 127. The maximum absolute atomic E-state index is 6.13. The van der Waals surface area contributed by atoms with Gasteiger partial charge in [0.25, 0.3) is 0 Å². The Morgan fingerprint density at radius 3 is 2.62 bits per heavy atom. The van der Waals surface area contributed by atoms with E-state index in [1.165, 1.54) is 31.2 Å². The van der Waals surface area contributed by atoms with Crippen LogP contribution in [-0.4, -0.2) is 9.97 Å². The number of aromatic nitrogens is 2. The fraction of sp³-hybridized carbons (Fsp3) is 0.375. The summed E-state index contributed by atoms with van der Waals surface area (Å²) in [5.41, 5.74) is 9.46. The van der Waals surface area contributed by atoms with Gasteiger partial charge < -0.3 is 5.73 Å². The lowest BCUT2D eigenvalue weighted by Crippen LogP contribution is -2.08. The number of hydrogen-bond donors (Lipinski definition) is 1. The summed E-state index contributed by atoms with van der Waals surface area (Å²) in [5.74, 6) is 1.88. The van der Waals surface area contributed by atoms with Crippen LogP contribution in [0.1, 0.15) is 42.9 Å². The lowest BCUT2D eigenvalue weighted by molar-refractivity contribution is 0.691. The number of nitrogen functional groups attached to an aromatic ring is 1. The molecule has 0 radical (unpaired) electrons. The first kappa shape index (κ1) is 15.2. The van der Waals surface area contributed by atoms with Crippen molar-refractivity contribution in [3.63, 3.8) is 0 Å². The minimum Gasteiger partial charge on any atom is -0.383 e. The number of rotatable bonds is 2. The number of nitrogens with two attached hydrogens (primary N) is 1. The summed E-state index contributed by atoms with van der Waals surface area (Å²) in [7, 11) is 0. The quantitative estimate of drug-likeness (QED) is 0.641. The van der Waals surface area contributed by atoms with Crippen LogP contribution in [0.4, 0.5) is 5.82 Å². The molecule has 0 atom stereocenters. The monoisotopic (exact) mass is 457 g/mol. The standard InChI is InChI=1S/C16H17BrIN3/c1-9-8-11(6-7-12(9)17)16-20-14(10-4-2-3-5-10)13(18)15(19)21-16/h6-8,10H,2-5H2,1H3,(H2,19,20,21). The van der Waals surface area contributed by atoms with Gasteiger partial charge in [-0.1, -0.05) is 34.8 Å². The topological polar surface area (TPSA) is 51.8 Å². The molecule has 0 unspecified atom stereocenters. The van der Waals surface area contributed by atoms with Crippen molar-refractivity contribution < 1.29 is 0 Å². The van der Waals surface area contributed by atoms with Gasteiger partial charge in [0, 0.05) is 16.0 Å². The lowest BCUT2D eigenvalue weighted by Gasteiger charge is -2.14. The average Bonchev–Trinajstić information content (AvgIpc) is 2.98. The summed E-state index contributed by atoms with van der Waals surface area (Å²) in [4.78, 5) is 9.33. The van der Waals surface area contributed by atoms with Crippen LogP contribution in [0.2, 0.25) is 0 Å². The minimum absolute atomic E-state index is 0.539.